The molecule has 0 spiro atoms. The van der Waals surface area contributed by atoms with Crippen LogP contribution in [0.5, 0.6) is 23.0 Å². The number of Topliss-reactive ketones (excluding diaryl/α,β-unsaturated/α-hetero) is 1. The van der Waals surface area contributed by atoms with Crippen LogP contribution in [0.15, 0.2) is 60.4 Å². The fourth-order valence-corrected chi connectivity index (χ4v) is 3.65. The lowest BCUT2D eigenvalue weighted by atomic mass is 10.0. The van der Waals surface area contributed by atoms with Crippen molar-refractivity contribution in [3.05, 3.63) is 88.2 Å². The molecule has 0 bridgehead atoms. The third-order valence-corrected chi connectivity index (χ3v) is 5.29. The highest BCUT2D eigenvalue weighted by atomic mass is 16.7. The molecule has 2 heterocycles. The van der Waals surface area contributed by atoms with E-state index in [4.69, 9.17) is 18.9 Å². The molecule has 5 rings (SSSR count). The van der Waals surface area contributed by atoms with E-state index >= 15 is 0 Å². The fourth-order valence-electron chi connectivity index (χ4n) is 3.65. The van der Waals surface area contributed by atoms with Gasteiger partial charge in [0.2, 0.25) is 12.6 Å². The Kier molecular flexibility index (Phi) is 4.43. The Morgan fingerprint density at radius 1 is 0.933 bits per heavy atom. The van der Waals surface area contributed by atoms with Gasteiger partial charge in [-0.05, 0) is 60.4 Å². The molecule has 5 heteroatoms. The smallest absolute Gasteiger partial charge is 0.232 e. The van der Waals surface area contributed by atoms with Crippen LogP contribution in [0, 0.1) is 13.8 Å². The van der Waals surface area contributed by atoms with Crippen LogP contribution in [-0.2, 0) is 6.61 Å². The molecule has 0 radical (unpaired) electrons. The first kappa shape index (κ1) is 18.3. The minimum atomic E-state index is -0.134. The molecule has 150 valence electrons. The van der Waals surface area contributed by atoms with Crippen LogP contribution in [0.4, 0.5) is 0 Å². The third-order valence-electron chi connectivity index (χ3n) is 5.29. The largest absolute Gasteiger partial charge is 0.489 e. The van der Waals surface area contributed by atoms with Crippen LogP contribution >= 0.6 is 0 Å². The standard InChI is InChI=1S/C25H20O5/c1-15-5-3-4-6-18(15)13-27-19-9-16(2)24-22(12-19)30-23(25(24)26)11-17-7-8-20-21(10-17)29-14-28-20/h3-12H,13-14H2,1-2H3/b23-11-. The summed E-state index contributed by atoms with van der Waals surface area (Å²) in [5.41, 5.74) is 4.51. The first-order chi connectivity index (χ1) is 14.6. The lowest BCUT2D eigenvalue weighted by Crippen LogP contribution is -2.00. The predicted molar refractivity (Wildman–Crippen MR) is 112 cm³/mol. The van der Waals surface area contributed by atoms with Gasteiger partial charge >= 0.3 is 0 Å². The summed E-state index contributed by atoms with van der Waals surface area (Å²) in [6.45, 7) is 4.62. The Hall–Kier alpha value is -3.73. The zero-order valence-corrected chi connectivity index (χ0v) is 16.7. The molecule has 2 aliphatic heterocycles. The zero-order valence-electron chi connectivity index (χ0n) is 16.7. The number of ether oxygens (including phenoxy) is 4. The Balaban J connectivity index is 1.39. The summed E-state index contributed by atoms with van der Waals surface area (Å²) in [4.78, 5) is 12.9. The van der Waals surface area contributed by atoms with Gasteiger partial charge in [0.1, 0.15) is 18.1 Å². The molecule has 0 amide bonds. The highest BCUT2D eigenvalue weighted by Crippen LogP contribution is 2.39. The van der Waals surface area contributed by atoms with Gasteiger partial charge in [-0.2, -0.15) is 0 Å². The van der Waals surface area contributed by atoms with E-state index in [0.29, 0.717) is 35.2 Å². The summed E-state index contributed by atoms with van der Waals surface area (Å²) in [5, 5.41) is 0. The van der Waals surface area contributed by atoms with Crippen molar-refractivity contribution in [2.75, 3.05) is 6.79 Å². The lowest BCUT2D eigenvalue weighted by molar-refractivity contribution is 0.101. The molecule has 3 aromatic rings. The first-order valence-corrected chi connectivity index (χ1v) is 9.74. The van der Waals surface area contributed by atoms with Crippen molar-refractivity contribution in [1.82, 2.24) is 0 Å². The fraction of sp³-hybridized carbons (Fsp3) is 0.160. The summed E-state index contributed by atoms with van der Waals surface area (Å²) in [7, 11) is 0. The zero-order chi connectivity index (χ0) is 20.7. The van der Waals surface area contributed by atoms with E-state index in [1.807, 2.05) is 49.4 Å². The van der Waals surface area contributed by atoms with E-state index in [1.54, 1.807) is 12.1 Å². The van der Waals surface area contributed by atoms with E-state index < -0.39 is 0 Å². The van der Waals surface area contributed by atoms with Gasteiger partial charge in [0.15, 0.2) is 17.3 Å². The normalized spacial score (nSPS) is 15.3. The maximum atomic E-state index is 12.9. The van der Waals surface area contributed by atoms with Gasteiger partial charge in [0.25, 0.3) is 0 Å². The van der Waals surface area contributed by atoms with E-state index in [2.05, 4.69) is 13.0 Å². The molecule has 0 aliphatic carbocycles. The molecule has 0 fully saturated rings. The number of benzene rings is 3. The first-order valence-electron chi connectivity index (χ1n) is 9.74. The molecule has 0 saturated carbocycles. The van der Waals surface area contributed by atoms with Gasteiger partial charge in [0, 0.05) is 6.07 Å². The average molecular weight is 400 g/mol. The highest BCUT2D eigenvalue weighted by Gasteiger charge is 2.30. The molecule has 0 atom stereocenters. The molecule has 0 N–H and O–H groups in total. The second kappa shape index (κ2) is 7.26. The second-order valence-corrected chi connectivity index (χ2v) is 7.38. The molecular weight excluding hydrogens is 380 g/mol. The van der Waals surface area contributed by atoms with Gasteiger partial charge in [-0.1, -0.05) is 30.3 Å². The third kappa shape index (κ3) is 3.28. The van der Waals surface area contributed by atoms with Crippen LogP contribution in [0.25, 0.3) is 6.08 Å². The van der Waals surface area contributed by atoms with Crippen LogP contribution in [-0.4, -0.2) is 12.6 Å². The minimum absolute atomic E-state index is 0.134. The lowest BCUT2D eigenvalue weighted by Gasteiger charge is -2.10. The van der Waals surface area contributed by atoms with Gasteiger partial charge in [-0.25, -0.2) is 0 Å². The topological polar surface area (TPSA) is 54.0 Å². The van der Waals surface area contributed by atoms with Crippen molar-refractivity contribution >= 4 is 11.9 Å². The number of carbonyl (C=O) groups excluding carboxylic acids is 1. The van der Waals surface area contributed by atoms with Gasteiger partial charge in [-0.15, -0.1) is 0 Å². The van der Waals surface area contributed by atoms with Crippen LogP contribution in [0.2, 0.25) is 0 Å². The maximum absolute atomic E-state index is 12.9. The number of aryl methyl sites for hydroxylation is 2. The van der Waals surface area contributed by atoms with Crippen molar-refractivity contribution in [2.45, 2.75) is 20.5 Å². The van der Waals surface area contributed by atoms with Gasteiger partial charge in [0.05, 0.1) is 5.56 Å². The van der Waals surface area contributed by atoms with E-state index in [9.17, 15) is 4.79 Å². The number of carbonyl (C=O) groups is 1. The van der Waals surface area contributed by atoms with E-state index in [1.165, 1.54) is 5.56 Å². The number of fused-ring (bicyclic) bond motifs is 2. The number of hydrogen-bond donors (Lipinski definition) is 0. The maximum Gasteiger partial charge on any atom is 0.232 e. The van der Waals surface area contributed by atoms with Crippen LogP contribution < -0.4 is 18.9 Å². The number of hydrogen-bond acceptors (Lipinski definition) is 5. The number of ketones is 1. The van der Waals surface area contributed by atoms with E-state index in [0.717, 1.165) is 16.7 Å². The minimum Gasteiger partial charge on any atom is -0.489 e. The number of allylic oxidation sites excluding steroid dienone is 1. The second-order valence-electron chi connectivity index (χ2n) is 7.38. The molecule has 5 nitrogen and oxygen atoms in total. The summed E-state index contributed by atoms with van der Waals surface area (Å²) in [6, 6.07) is 17.3. The van der Waals surface area contributed by atoms with Crippen molar-refractivity contribution < 1.29 is 23.7 Å². The SMILES string of the molecule is Cc1ccccc1COc1cc(C)c2c(c1)O/C(=C\c1ccc3c(c1)OCO3)C2=O. The Morgan fingerprint density at radius 2 is 1.77 bits per heavy atom. The Morgan fingerprint density at radius 3 is 2.63 bits per heavy atom. The predicted octanol–water partition coefficient (Wildman–Crippen LogP) is 5.23. The van der Waals surface area contributed by atoms with Crippen molar-refractivity contribution in [1.29, 1.82) is 0 Å². The molecule has 30 heavy (non-hydrogen) atoms. The van der Waals surface area contributed by atoms with E-state index in [-0.39, 0.29) is 18.3 Å². The van der Waals surface area contributed by atoms with Crippen molar-refractivity contribution in [3.8, 4) is 23.0 Å². The highest BCUT2D eigenvalue weighted by molar-refractivity contribution is 6.15. The Bertz CT molecular complexity index is 1190. The van der Waals surface area contributed by atoms with Crippen LogP contribution in [0.1, 0.15) is 32.6 Å². The summed E-state index contributed by atoms with van der Waals surface area (Å²) in [5.74, 6) is 2.70. The monoisotopic (exact) mass is 400 g/mol. The molecule has 0 unspecified atom stereocenters. The quantitative estimate of drug-likeness (QED) is 0.562. The average Bonchev–Trinajstić information content (AvgIpc) is 3.32. The Labute approximate surface area is 174 Å². The van der Waals surface area contributed by atoms with Gasteiger partial charge < -0.3 is 18.9 Å². The number of rotatable bonds is 4. The van der Waals surface area contributed by atoms with Crippen molar-refractivity contribution in [2.24, 2.45) is 0 Å². The molecule has 0 saturated heterocycles. The molecular formula is C25H20O5. The van der Waals surface area contributed by atoms with Gasteiger partial charge in [-0.3, -0.25) is 4.79 Å². The molecule has 0 aromatic heterocycles. The molecule has 2 aliphatic rings. The summed E-state index contributed by atoms with van der Waals surface area (Å²) >= 11 is 0. The van der Waals surface area contributed by atoms with Crippen molar-refractivity contribution in [3.63, 3.8) is 0 Å². The summed E-state index contributed by atoms with van der Waals surface area (Å²) < 4.78 is 22.6. The van der Waals surface area contributed by atoms with Crippen LogP contribution in [0.3, 0.4) is 0 Å². The molecule has 3 aromatic carbocycles. The summed E-state index contributed by atoms with van der Waals surface area (Å²) in [6.07, 6.45) is 1.72.